The lowest BCUT2D eigenvalue weighted by atomic mass is 9.97. The molecule has 0 amide bonds. The van der Waals surface area contributed by atoms with Crippen LogP contribution >= 0.6 is 11.6 Å². The summed E-state index contributed by atoms with van der Waals surface area (Å²) in [6.45, 7) is 0. The number of phenols is 1. The average Bonchev–Trinajstić information content (AvgIpc) is 2.48. The highest BCUT2D eigenvalue weighted by Gasteiger charge is 2.31. The molecule has 0 radical (unpaired) electrons. The molecule has 0 saturated heterocycles. The molecule has 6 nitrogen and oxygen atoms in total. The van der Waals surface area contributed by atoms with Crippen LogP contribution in [0.3, 0.4) is 0 Å². The molecule has 0 aliphatic rings. The fraction of sp³-hybridized carbons (Fsp3) is 0.143. The SMILES string of the molecule is N[C@H](c1ccc(OC(F)(F)F)cc1)c1c([N+](=O)[O-])ccc(Cl)c1O. The Morgan fingerprint density at radius 2 is 1.79 bits per heavy atom. The van der Waals surface area contributed by atoms with Crippen LogP contribution in [-0.2, 0) is 0 Å². The second-order valence-electron chi connectivity index (χ2n) is 4.68. The summed E-state index contributed by atoms with van der Waals surface area (Å²) in [5.41, 5.74) is 5.45. The van der Waals surface area contributed by atoms with E-state index in [0.717, 1.165) is 24.3 Å². The molecule has 0 aliphatic carbocycles. The van der Waals surface area contributed by atoms with Gasteiger partial charge in [0.2, 0.25) is 0 Å². The number of alkyl halides is 3. The normalized spacial score (nSPS) is 12.7. The zero-order valence-corrected chi connectivity index (χ0v) is 12.5. The second kappa shape index (κ2) is 6.54. The lowest BCUT2D eigenvalue weighted by molar-refractivity contribution is -0.385. The van der Waals surface area contributed by atoms with Gasteiger partial charge in [-0.1, -0.05) is 23.7 Å². The van der Waals surface area contributed by atoms with E-state index in [4.69, 9.17) is 17.3 Å². The van der Waals surface area contributed by atoms with Gasteiger partial charge >= 0.3 is 6.36 Å². The summed E-state index contributed by atoms with van der Waals surface area (Å²) >= 11 is 5.75. The zero-order valence-electron chi connectivity index (χ0n) is 11.7. The second-order valence-corrected chi connectivity index (χ2v) is 5.09. The Bertz CT molecular complexity index is 766. The summed E-state index contributed by atoms with van der Waals surface area (Å²) in [6.07, 6.45) is -4.84. The first-order valence-corrected chi connectivity index (χ1v) is 6.75. The number of aromatic hydroxyl groups is 1. The van der Waals surface area contributed by atoms with Crippen LogP contribution in [0.25, 0.3) is 0 Å². The Morgan fingerprint density at radius 1 is 1.21 bits per heavy atom. The molecule has 0 fully saturated rings. The maximum atomic E-state index is 12.1. The minimum Gasteiger partial charge on any atom is -0.506 e. The summed E-state index contributed by atoms with van der Waals surface area (Å²) in [4.78, 5) is 10.3. The van der Waals surface area contributed by atoms with Gasteiger partial charge in [0, 0.05) is 6.07 Å². The van der Waals surface area contributed by atoms with Gasteiger partial charge < -0.3 is 15.6 Å². The van der Waals surface area contributed by atoms with Crippen LogP contribution in [0.15, 0.2) is 36.4 Å². The standard InChI is InChI=1S/C14H10ClF3N2O4/c15-9-5-6-10(20(22)23)11(13(9)21)12(19)7-1-3-8(4-2-7)24-14(16,17)18/h1-6,12,21H,19H2/t12-/m1/s1. The van der Waals surface area contributed by atoms with Crippen molar-refractivity contribution in [2.24, 2.45) is 5.73 Å². The van der Waals surface area contributed by atoms with Gasteiger partial charge in [-0.2, -0.15) is 0 Å². The molecule has 1 atom stereocenters. The number of benzene rings is 2. The Balaban J connectivity index is 2.40. The van der Waals surface area contributed by atoms with E-state index >= 15 is 0 Å². The highest BCUT2D eigenvalue weighted by molar-refractivity contribution is 6.32. The van der Waals surface area contributed by atoms with Crippen LogP contribution in [0.5, 0.6) is 11.5 Å². The number of hydrogen-bond acceptors (Lipinski definition) is 5. The van der Waals surface area contributed by atoms with Gasteiger partial charge in [-0.05, 0) is 23.8 Å². The molecule has 2 rings (SSSR count). The van der Waals surface area contributed by atoms with E-state index in [1.54, 1.807) is 0 Å². The van der Waals surface area contributed by atoms with E-state index in [2.05, 4.69) is 4.74 Å². The largest absolute Gasteiger partial charge is 0.573 e. The van der Waals surface area contributed by atoms with Crippen LogP contribution in [-0.4, -0.2) is 16.4 Å². The summed E-state index contributed by atoms with van der Waals surface area (Å²) < 4.78 is 40.1. The number of halogens is 4. The summed E-state index contributed by atoms with van der Waals surface area (Å²) in [5, 5.41) is 20.9. The average molecular weight is 363 g/mol. The first-order valence-electron chi connectivity index (χ1n) is 6.37. The predicted molar refractivity (Wildman–Crippen MR) is 78.9 cm³/mol. The number of nitrogens with two attached hydrogens (primary N) is 1. The Hall–Kier alpha value is -2.52. The molecule has 2 aromatic rings. The van der Waals surface area contributed by atoms with E-state index in [9.17, 15) is 28.4 Å². The van der Waals surface area contributed by atoms with Crippen LogP contribution in [0, 0.1) is 10.1 Å². The van der Waals surface area contributed by atoms with Gasteiger partial charge in [0.25, 0.3) is 5.69 Å². The van der Waals surface area contributed by atoms with E-state index in [1.165, 1.54) is 12.1 Å². The van der Waals surface area contributed by atoms with E-state index < -0.39 is 34.5 Å². The first-order chi connectivity index (χ1) is 11.1. The molecule has 0 saturated carbocycles. The van der Waals surface area contributed by atoms with E-state index in [0.29, 0.717) is 0 Å². The third-order valence-electron chi connectivity index (χ3n) is 3.13. The molecule has 0 spiro atoms. The van der Waals surface area contributed by atoms with E-state index in [1.807, 2.05) is 0 Å². The summed E-state index contributed by atoms with van der Waals surface area (Å²) in [6, 6.07) is 5.48. The molecule has 0 aromatic heterocycles. The molecule has 24 heavy (non-hydrogen) atoms. The van der Waals surface area contributed by atoms with Gasteiger partial charge in [0.05, 0.1) is 21.6 Å². The van der Waals surface area contributed by atoms with Gasteiger partial charge in [-0.3, -0.25) is 10.1 Å². The Morgan fingerprint density at radius 3 is 2.29 bits per heavy atom. The first kappa shape index (κ1) is 17.8. The summed E-state index contributed by atoms with van der Waals surface area (Å²) in [7, 11) is 0. The van der Waals surface area contributed by atoms with Crippen molar-refractivity contribution in [2.45, 2.75) is 12.4 Å². The quantitative estimate of drug-likeness (QED) is 0.634. The topological polar surface area (TPSA) is 98.6 Å². The van der Waals surface area contributed by atoms with Crippen LogP contribution in [0.4, 0.5) is 18.9 Å². The summed E-state index contributed by atoms with van der Waals surface area (Å²) in [5.74, 6) is -1.03. The maximum absolute atomic E-state index is 12.1. The number of nitrogens with zero attached hydrogens (tertiary/aromatic N) is 1. The van der Waals surface area contributed by atoms with Crippen LogP contribution in [0.2, 0.25) is 5.02 Å². The highest BCUT2D eigenvalue weighted by Crippen LogP contribution is 2.40. The lowest BCUT2D eigenvalue weighted by Gasteiger charge is -2.16. The molecule has 2 aromatic carbocycles. The van der Waals surface area contributed by atoms with Crippen molar-refractivity contribution < 1.29 is 27.9 Å². The molecular formula is C14H10ClF3N2O4. The lowest BCUT2D eigenvalue weighted by Crippen LogP contribution is -2.17. The van der Waals surface area contributed by atoms with Crippen molar-refractivity contribution in [3.05, 3.63) is 62.7 Å². The van der Waals surface area contributed by atoms with Crippen LogP contribution < -0.4 is 10.5 Å². The Labute approximate surface area is 138 Å². The van der Waals surface area contributed by atoms with Crippen molar-refractivity contribution >= 4 is 17.3 Å². The molecular weight excluding hydrogens is 353 g/mol. The number of hydrogen-bond donors (Lipinski definition) is 2. The van der Waals surface area contributed by atoms with Crippen molar-refractivity contribution in [3.63, 3.8) is 0 Å². The molecule has 0 heterocycles. The molecule has 128 valence electrons. The van der Waals surface area contributed by atoms with Crippen molar-refractivity contribution in [3.8, 4) is 11.5 Å². The highest BCUT2D eigenvalue weighted by atomic mass is 35.5. The minimum absolute atomic E-state index is 0.136. The van der Waals surface area contributed by atoms with Crippen molar-refractivity contribution in [1.82, 2.24) is 0 Å². The van der Waals surface area contributed by atoms with Crippen molar-refractivity contribution in [1.29, 1.82) is 0 Å². The number of nitro groups is 1. The minimum atomic E-state index is -4.84. The molecule has 0 unspecified atom stereocenters. The molecule has 0 aliphatic heterocycles. The number of rotatable bonds is 4. The van der Waals surface area contributed by atoms with Gasteiger partial charge in [0.15, 0.2) is 0 Å². The molecule has 10 heteroatoms. The monoisotopic (exact) mass is 362 g/mol. The van der Waals surface area contributed by atoms with Crippen molar-refractivity contribution in [2.75, 3.05) is 0 Å². The molecule has 3 N–H and O–H groups in total. The fourth-order valence-corrected chi connectivity index (χ4v) is 2.24. The zero-order chi connectivity index (χ0) is 18.1. The Kier molecular flexibility index (Phi) is 4.86. The third kappa shape index (κ3) is 3.87. The van der Waals surface area contributed by atoms with Crippen LogP contribution in [0.1, 0.15) is 17.2 Å². The fourth-order valence-electron chi connectivity index (χ4n) is 2.08. The molecule has 0 bridgehead atoms. The number of ether oxygens (including phenoxy) is 1. The van der Waals surface area contributed by atoms with E-state index in [-0.39, 0.29) is 16.1 Å². The smallest absolute Gasteiger partial charge is 0.506 e. The number of phenolic OH excluding ortho intramolecular Hbond substituents is 1. The maximum Gasteiger partial charge on any atom is 0.573 e. The number of nitro benzene ring substituents is 1. The van der Waals surface area contributed by atoms with Gasteiger partial charge in [-0.15, -0.1) is 13.2 Å². The third-order valence-corrected chi connectivity index (χ3v) is 3.43. The van der Waals surface area contributed by atoms with Gasteiger partial charge in [0.1, 0.15) is 11.5 Å². The predicted octanol–water partition coefficient (Wildman–Crippen LogP) is 3.90. The van der Waals surface area contributed by atoms with Gasteiger partial charge in [-0.25, -0.2) is 0 Å².